The Bertz CT molecular complexity index is 469. The van der Waals surface area contributed by atoms with E-state index in [1.54, 1.807) is 6.20 Å². The normalized spacial score (nSPS) is 12.2. The number of rotatable bonds is 0. The number of fused-ring (bicyclic) bond motifs is 1. The zero-order valence-electron chi connectivity index (χ0n) is 8.40. The average Bonchev–Trinajstić information content (AvgIpc) is 2.45. The molecule has 0 saturated carbocycles. The summed E-state index contributed by atoms with van der Waals surface area (Å²) in [6.07, 6.45) is 1.65. The summed E-state index contributed by atoms with van der Waals surface area (Å²) in [4.78, 5) is 7.87. The SMILES string of the molecule is CC(C)(C)c1noc2nc(N)ncc12. The van der Waals surface area contributed by atoms with Gasteiger partial charge in [-0.05, 0) is 0 Å². The van der Waals surface area contributed by atoms with Gasteiger partial charge in [0.25, 0.3) is 5.71 Å². The Kier molecular flexibility index (Phi) is 1.70. The molecule has 0 aliphatic rings. The molecule has 0 saturated heterocycles. The molecule has 0 fully saturated rings. The number of nitrogens with two attached hydrogens (primary N) is 1. The quantitative estimate of drug-likeness (QED) is 0.684. The molecule has 0 radical (unpaired) electrons. The first-order valence-electron chi connectivity index (χ1n) is 4.37. The van der Waals surface area contributed by atoms with Crippen molar-refractivity contribution < 1.29 is 4.52 Å². The molecule has 2 heterocycles. The fraction of sp³-hybridized carbons (Fsp3) is 0.444. The maximum Gasteiger partial charge on any atom is 0.262 e. The van der Waals surface area contributed by atoms with Crippen molar-refractivity contribution in [2.45, 2.75) is 26.2 Å². The molecule has 2 N–H and O–H groups in total. The summed E-state index contributed by atoms with van der Waals surface area (Å²) in [6.45, 7) is 6.17. The monoisotopic (exact) mass is 192 g/mol. The third-order valence-electron chi connectivity index (χ3n) is 1.96. The van der Waals surface area contributed by atoms with E-state index in [9.17, 15) is 0 Å². The number of anilines is 1. The van der Waals surface area contributed by atoms with E-state index < -0.39 is 0 Å². The van der Waals surface area contributed by atoms with Crippen LogP contribution in [0.5, 0.6) is 0 Å². The summed E-state index contributed by atoms with van der Waals surface area (Å²) >= 11 is 0. The van der Waals surface area contributed by atoms with Crippen LogP contribution in [0.25, 0.3) is 11.1 Å². The van der Waals surface area contributed by atoms with Crippen LogP contribution in [0.4, 0.5) is 5.95 Å². The van der Waals surface area contributed by atoms with E-state index >= 15 is 0 Å². The molecule has 5 nitrogen and oxygen atoms in total. The average molecular weight is 192 g/mol. The molecule has 0 bridgehead atoms. The van der Waals surface area contributed by atoms with E-state index in [0.29, 0.717) is 5.71 Å². The van der Waals surface area contributed by atoms with Crippen molar-refractivity contribution in [2.24, 2.45) is 0 Å². The molecule has 2 aromatic heterocycles. The highest BCUT2D eigenvalue weighted by Crippen LogP contribution is 2.27. The smallest absolute Gasteiger partial charge is 0.262 e. The molecule has 0 amide bonds. The van der Waals surface area contributed by atoms with Crippen LogP contribution in [0.15, 0.2) is 10.7 Å². The fourth-order valence-corrected chi connectivity index (χ4v) is 1.29. The molecule has 74 valence electrons. The first-order chi connectivity index (χ1) is 6.48. The third-order valence-corrected chi connectivity index (χ3v) is 1.96. The van der Waals surface area contributed by atoms with Crippen LogP contribution >= 0.6 is 0 Å². The standard InChI is InChI=1S/C9H12N4O/c1-9(2,3)6-5-4-11-8(10)12-7(5)14-13-6/h4H,1-3H3,(H2,10,11,12). The Balaban J connectivity index is 2.70. The van der Waals surface area contributed by atoms with Crippen LogP contribution in [0.1, 0.15) is 26.5 Å². The van der Waals surface area contributed by atoms with Gasteiger partial charge < -0.3 is 10.3 Å². The molecule has 0 spiro atoms. The lowest BCUT2D eigenvalue weighted by Gasteiger charge is -2.13. The number of hydrogen-bond acceptors (Lipinski definition) is 5. The van der Waals surface area contributed by atoms with Crippen LogP contribution in [-0.2, 0) is 5.41 Å². The van der Waals surface area contributed by atoms with Gasteiger partial charge in [-0.1, -0.05) is 25.9 Å². The van der Waals surface area contributed by atoms with Crippen LogP contribution in [-0.4, -0.2) is 15.1 Å². The fourth-order valence-electron chi connectivity index (χ4n) is 1.29. The molecule has 0 aliphatic heterocycles. The lowest BCUT2D eigenvalue weighted by atomic mass is 9.91. The predicted molar refractivity (Wildman–Crippen MR) is 52.7 cm³/mol. The minimum Gasteiger partial charge on any atom is -0.368 e. The van der Waals surface area contributed by atoms with Crippen LogP contribution in [0.2, 0.25) is 0 Å². The molecule has 14 heavy (non-hydrogen) atoms. The van der Waals surface area contributed by atoms with Gasteiger partial charge in [0.2, 0.25) is 5.95 Å². The summed E-state index contributed by atoms with van der Waals surface area (Å²) in [5.74, 6) is 0.203. The topological polar surface area (TPSA) is 77.8 Å². The first-order valence-corrected chi connectivity index (χ1v) is 4.37. The second-order valence-electron chi connectivity index (χ2n) is 4.23. The van der Waals surface area contributed by atoms with Gasteiger partial charge in [0.1, 0.15) is 5.69 Å². The van der Waals surface area contributed by atoms with Crippen molar-refractivity contribution in [3.05, 3.63) is 11.9 Å². The zero-order chi connectivity index (χ0) is 10.3. The summed E-state index contributed by atoms with van der Waals surface area (Å²) in [5.41, 5.74) is 6.65. The number of aromatic nitrogens is 3. The highest BCUT2D eigenvalue weighted by molar-refractivity contribution is 5.76. The second-order valence-corrected chi connectivity index (χ2v) is 4.23. The molecular formula is C9H12N4O. The summed E-state index contributed by atoms with van der Waals surface area (Å²) in [6, 6.07) is 0. The van der Waals surface area contributed by atoms with Crippen LogP contribution in [0.3, 0.4) is 0 Å². The molecule has 0 unspecified atom stereocenters. The van der Waals surface area contributed by atoms with Crippen molar-refractivity contribution in [3.8, 4) is 0 Å². The summed E-state index contributed by atoms with van der Waals surface area (Å²) < 4.78 is 5.08. The third kappa shape index (κ3) is 1.30. The van der Waals surface area contributed by atoms with Crippen molar-refractivity contribution >= 4 is 17.0 Å². The molecular weight excluding hydrogens is 180 g/mol. The van der Waals surface area contributed by atoms with Crippen molar-refractivity contribution in [3.63, 3.8) is 0 Å². The predicted octanol–water partition coefficient (Wildman–Crippen LogP) is 1.50. The molecule has 0 atom stereocenters. The van der Waals surface area contributed by atoms with Gasteiger partial charge in [-0.3, -0.25) is 0 Å². The van der Waals surface area contributed by atoms with Gasteiger partial charge in [0.15, 0.2) is 0 Å². The molecule has 5 heteroatoms. The van der Waals surface area contributed by atoms with Gasteiger partial charge >= 0.3 is 0 Å². The van der Waals surface area contributed by atoms with E-state index in [1.807, 2.05) is 0 Å². The van der Waals surface area contributed by atoms with Gasteiger partial charge in [-0.2, -0.15) is 4.98 Å². The highest BCUT2D eigenvalue weighted by atomic mass is 16.5. The lowest BCUT2D eigenvalue weighted by Crippen LogP contribution is -2.11. The van der Waals surface area contributed by atoms with E-state index in [2.05, 4.69) is 35.9 Å². The molecule has 2 rings (SSSR count). The van der Waals surface area contributed by atoms with Gasteiger partial charge in [0, 0.05) is 11.6 Å². The Hall–Kier alpha value is -1.65. The van der Waals surface area contributed by atoms with E-state index in [0.717, 1.165) is 11.1 Å². The van der Waals surface area contributed by atoms with E-state index in [1.165, 1.54) is 0 Å². The maximum atomic E-state index is 5.43. The Labute approximate surface area is 81.3 Å². The minimum atomic E-state index is -0.0786. The largest absolute Gasteiger partial charge is 0.368 e. The zero-order valence-corrected chi connectivity index (χ0v) is 8.40. The van der Waals surface area contributed by atoms with Gasteiger partial charge in [0.05, 0.1) is 5.39 Å². The Morgan fingerprint density at radius 3 is 2.71 bits per heavy atom. The van der Waals surface area contributed by atoms with Crippen molar-refractivity contribution in [1.82, 2.24) is 15.1 Å². The second kappa shape index (κ2) is 2.67. The first kappa shape index (κ1) is 8.93. The molecule has 0 aromatic carbocycles. The summed E-state index contributed by atoms with van der Waals surface area (Å²) in [7, 11) is 0. The van der Waals surface area contributed by atoms with Crippen LogP contribution < -0.4 is 5.73 Å². The molecule has 2 aromatic rings. The highest BCUT2D eigenvalue weighted by Gasteiger charge is 2.22. The van der Waals surface area contributed by atoms with E-state index in [4.69, 9.17) is 10.3 Å². The number of nitrogens with zero attached hydrogens (tertiary/aromatic N) is 3. The van der Waals surface area contributed by atoms with Crippen LogP contribution in [0, 0.1) is 0 Å². The lowest BCUT2D eigenvalue weighted by molar-refractivity contribution is 0.414. The van der Waals surface area contributed by atoms with Crippen molar-refractivity contribution in [1.29, 1.82) is 0 Å². The molecule has 0 aliphatic carbocycles. The minimum absolute atomic E-state index is 0.0786. The van der Waals surface area contributed by atoms with Gasteiger partial charge in [-0.15, -0.1) is 0 Å². The Morgan fingerprint density at radius 1 is 1.36 bits per heavy atom. The summed E-state index contributed by atoms with van der Waals surface area (Å²) in [5, 5.41) is 4.80. The number of hydrogen-bond donors (Lipinski definition) is 1. The van der Waals surface area contributed by atoms with Gasteiger partial charge in [-0.25, -0.2) is 4.98 Å². The van der Waals surface area contributed by atoms with E-state index in [-0.39, 0.29) is 11.4 Å². The Morgan fingerprint density at radius 2 is 2.07 bits per heavy atom. The van der Waals surface area contributed by atoms with Crippen molar-refractivity contribution in [2.75, 3.05) is 5.73 Å². The number of nitrogen functional groups attached to an aromatic ring is 1. The maximum absolute atomic E-state index is 5.43.